The van der Waals surface area contributed by atoms with Crippen molar-refractivity contribution in [3.63, 3.8) is 0 Å². The Bertz CT molecular complexity index is 976. The number of nitrogens with one attached hydrogen (secondary N) is 1. The van der Waals surface area contributed by atoms with E-state index < -0.39 is 0 Å². The van der Waals surface area contributed by atoms with Crippen LogP contribution >= 0.6 is 0 Å². The fourth-order valence-electron chi connectivity index (χ4n) is 3.11. The van der Waals surface area contributed by atoms with Crippen molar-refractivity contribution in [2.24, 2.45) is 0 Å². The number of rotatable bonds is 7. The van der Waals surface area contributed by atoms with E-state index in [0.29, 0.717) is 29.6 Å². The van der Waals surface area contributed by atoms with E-state index in [1.807, 2.05) is 57.2 Å². The van der Waals surface area contributed by atoms with Gasteiger partial charge >= 0.3 is 0 Å². The zero-order valence-electron chi connectivity index (χ0n) is 17.2. The topological polar surface area (TPSA) is 67.4 Å². The number of amides is 1. The standard InChI is InChI=1S/C23H26N4O2/c1-5-27(22(28)19-12-11-16(2)20(15-19)29-4)21-13-14-24-23(26-21)25-17(3)18-9-7-6-8-10-18/h6-15,17H,5H2,1-4H3,(H,24,25,26)/t17-/m0/s1. The minimum absolute atomic E-state index is 0.0404. The van der Waals surface area contributed by atoms with Gasteiger partial charge in [0.25, 0.3) is 5.91 Å². The molecule has 1 atom stereocenters. The van der Waals surface area contributed by atoms with Crippen molar-refractivity contribution in [2.45, 2.75) is 26.8 Å². The van der Waals surface area contributed by atoms with Gasteiger partial charge in [0.05, 0.1) is 13.2 Å². The van der Waals surface area contributed by atoms with E-state index in [4.69, 9.17) is 4.74 Å². The number of carbonyl (C=O) groups is 1. The molecule has 150 valence electrons. The summed E-state index contributed by atoms with van der Waals surface area (Å²) in [5, 5.41) is 3.30. The Balaban J connectivity index is 1.83. The summed E-state index contributed by atoms with van der Waals surface area (Å²) in [6.07, 6.45) is 1.66. The minimum atomic E-state index is -0.133. The van der Waals surface area contributed by atoms with Crippen LogP contribution in [0.4, 0.5) is 11.8 Å². The summed E-state index contributed by atoms with van der Waals surface area (Å²) in [5.41, 5.74) is 2.67. The van der Waals surface area contributed by atoms with Crippen LogP contribution in [0.3, 0.4) is 0 Å². The van der Waals surface area contributed by atoms with Crippen LogP contribution in [0.1, 0.15) is 41.4 Å². The normalized spacial score (nSPS) is 11.6. The molecule has 0 spiro atoms. The van der Waals surface area contributed by atoms with Crippen molar-refractivity contribution in [3.05, 3.63) is 77.5 Å². The molecule has 0 aliphatic heterocycles. The highest BCUT2D eigenvalue weighted by molar-refractivity contribution is 6.05. The number of aromatic nitrogens is 2. The number of ether oxygens (including phenoxy) is 1. The molecule has 0 unspecified atom stereocenters. The molecule has 0 aliphatic carbocycles. The van der Waals surface area contributed by atoms with Gasteiger partial charge in [0.15, 0.2) is 0 Å². The fraction of sp³-hybridized carbons (Fsp3) is 0.261. The summed E-state index contributed by atoms with van der Waals surface area (Å²) in [6, 6.07) is 17.3. The molecule has 1 aromatic heterocycles. The first kappa shape index (κ1) is 20.3. The summed E-state index contributed by atoms with van der Waals surface area (Å²) in [7, 11) is 1.60. The summed E-state index contributed by atoms with van der Waals surface area (Å²) < 4.78 is 5.35. The molecule has 3 rings (SSSR count). The number of anilines is 2. The van der Waals surface area contributed by atoms with Crippen LogP contribution in [0.2, 0.25) is 0 Å². The predicted molar refractivity (Wildman–Crippen MR) is 116 cm³/mol. The molecule has 1 N–H and O–H groups in total. The van der Waals surface area contributed by atoms with E-state index in [9.17, 15) is 4.79 Å². The van der Waals surface area contributed by atoms with Gasteiger partial charge in [0.2, 0.25) is 5.95 Å². The molecular formula is C23H26N4O2. The first-order valence-electron chi connectivity index (χ1n) is 9.64. The number of hydrogen-bond acceptors (Lipinski definition) is 5. The Morgan fingerprint density at radius 2 is 1.93 bits per heavy atom. The van der Waals surface area contributed by atoms with E-state index in [-0.39, 0.29) is 11.9 Å². The van der Waals surface area contributed by atoms with Crippen LogP contribution in [0.15, 0.2) is 60.8 Å². The fourth-order valence-corrected chi connectivity index (χ4v) is 3.11. The number of benzene rings is 2. The Morgan fingerprint density at radius 1 is 1.17 bits per heavy atom. The lowest BCUT2D eigenvalue weighted by atomic mass is 10.1. The number of hydrogen-bond donors (Lipinski definition) is 1. The van der Waals surface area contributed by atoms with Crippen molar-refractivity contribution in [1.29, 1.82) is 0 Å². The van der Waals surface area contributed by atoms with E-state index in [1.165, 1.54) is 0 Å². The van der Waals surface area contributed by atoms with Crippen LogP contribution < -0.4 is 15.0 Å². The quantitative estimate of drug-likeness (QED) is 0.637. The molecule has 0 aliphatic rings. The number of methoxy groups -OCH3 is 1. The maximum Gasteiger partial charge on any atom is 0.259 e. The Hall–Kier alpha value is -3.41. The zero-order valence-corrected chi connectivity index (χ0v) is 17.2. The second-order valence-electron chi connectivity index (χ2n) is 6.75. The molecule has 0 bridgehead atoms. The lowest BCUT2D eigenvalue weighted by Crippen LogP contribution is -2.31. The molecule has 2 aromatic carbocycles. The number of aryl methyl sites for hydroxylation is 1. The first-order valence-corrected chi connectivity index (χ1v) is 9.64. The van der Waals surface area contributed by atoms with Gasteiger partial charge in [0.1, 0.15) is 11.6 Å². The second kappa shape index (κ2) is 9.19. The summed E-state index contributed by atoms with van der Waals surface area (Å²) in [5.74, 6) is 1.58. The molecule has 6 nitrogen and oxygen atoms in total. The second-order valence-corrected chi connectivity index (χ2v) is 6.75. The van der Waals surface area contributed by atoms with Crippen molar-refractivity contribution in [3.8, 4) is 5.75 Å². The van der Waals surface area contributed by atoms with Crippen LogP contribution in [0.25, 0.3) is 0 Å². The SMILES string of the molecule is CCN(C(=O)c1ccc(C)c(OC)c1)c1ccnc(N[C@@H](C)c2ccccc2)n1. The maximum absolute atomic E-state index is 13.1. The Morgan fingerprint density at radius 3 is 2.62 bits per heavy atom. The summed E-state index contributed by atoms with van der Waals surface area (Å²) >= 11 is 0. The van der Waals surface area contributed by atoms with Crippen molar-refractivity contribution in [1.82, 2.24) is 9.97 Å². The average molecular weight is 390 g/mol. The maximum atomic E-state index is 13.1. The van der Waals surface area contributed by atoms with Crippen LogP contribution in [0, 0.1) is 6.92 Å². The molecule has 3 aromatic rings. The van der Waals surface area contributed by atoms with Crippen LogP contribution in [0.5, 0.6) is 5.75 Å². The van der Waals surface area contributed by atoms with E-state index in [2.05, 4.69) is 15.3 Å². The third-order valence-electron chi connectivity index (χ3n) is 4.78. The molecule has 0 saturated heterocycles. The minimum Gasteiger partial charge on any atom is -0.496 e. The van der Waals surface area contributed by atoms with E-state index >= 15 is 0 Å². The molecule has 1 heterocycles. The van der Waals surface area contributed by atoms with Gasteiger partial charge in [-0.2, -0.15) is 4.98 Å². The highest BCUT2D eigenvalue weighted by Crippen LogP contribution is 2.23. The molecule has 29 heavy (non-hydrogen) atoms. The lowest BCUT2D eigenvalue weighted by molar-refractivity contribution is 0.0987. The van der Waals surface area contributed by atoms with Crippen LogP contribution in [-0.2, 0) is 0 Å². The first-order chi connectivity index (χ1) is 14.0. The van der Waals surface area contributed by atoms with E-state index in [1.54, 1.807) is 36.4 Å². The summed E-state index contributed by atoms with van der Waals surface area (Å²) in [6.45, 7) is 6.40. The third kappa shape index (κ3) is 4.71. The zero-order chi connectivity index (χ0) is 20.8. The van der Waals surface area contributed by atoms with Gasteiger partial charge in [0, 0.05) is 18.3 Å². The predicted octanol–water partition coefficient (Wildman–Crippen LogP) is 4.63. The number of carbonyl (C=O) groups excluding carboxylic acids is 1. The third-order valence-corrected chi connectivity index (χ3v) is 4.78. The smallest absolute Gasteiger partial charge is 0.259 e. The van der Waals surface area contributed by atoms with Crippen molar-refractivity contribution in [2.75, 3.05) is 23.9 Å². The van der Waals surface area contributed by atoms with Crippen molar-refractivity contribution < 1.29 is 9.53 Å². The van der Waals surface area contributed by atoms with Gasteiger partial charge in [-0.05, 0) is 50.1 Å². The molecule has 1 amide bonds. The molecule has 6 heteroatoms. The highest BCUT2D eigenvalue weighted by atomic mass is 16.5. The van der Waals surface area contributed by atoms with Gasteiger partial charge < -0.3 is 10.1 Å². The summed E-state index contributed by atoms with van der Waals surface area (Å²) in [4.78, 5) is 23.6. The molecule has 0 fully saturated rings. The number of nitrogens with zero attached hydrogens (tertiary/aromatic N) is 3. The molecule has 0 saturated carbocycles. The van der Waals surface area contributed by atoms with Crippen LogP contribution in [-0.4, -0.2) is 29.5 Å². The van der Waals surface area contributed by atoms with Crippen molar-refractivity contribution >= 4 is 17.7 Å². The van der Waals surface area contributed by atoms with Gasteiger partial charge in [-0.3, -0.25) is 9.69 Å². The largest absolute Gasteiger partial charge is 0.496 e. The monoisotopic (exact) mass is 390 g/mol. The molecular weight excluding hydrogens is 364 g/mol. The Labute approximate surface area is 171 Å². The molecule has 0 radical (unpaired) electrons. The van der Waals surface area contributed by atoms with Gasteiger partial charge in [-0.1, -0.05) is 36.4 Å². The highest BCUT2D eigenvalue weighted by Gasteiger charge is 2.19. The Kier molecular flexibility index (Phi) is 6.44. The van der Waals surface area contributed by atoms with Gasteiger partial charge in [-0.25, -0.2) is 4.98 Å². The van der Waals surface area contributed by atoms with Gasteiger partial charge in [-0.15, -0.1) is 0 Å². The van der Waals surface area contributed by atoms with E-state index in [0.717, 1.165) is 11.1 Å². The average Bonchev–Trinajstić information content (AvgIpc) is 2.75. The lowest BCUT2D eigenvalue weighted by Gasteiger charge is -2.21.